The molecule has 1 rings (SSSR count). The van der Waals surface area contributed by atoms with Crippen molar-refractivity contribution in [1.29, 1.82) is 0 Å². The van der Waals surface area contributed by atoms with Gasteiger partial charge in [-0.15, -0.1) is 6.42 Å². The van der Waals surface area contributed by atoms with Crippen LogP contribution in [0.5, 0.6) is 0 Å². The number of benzene rings is 1. The summed E-state index contributed by atoms with van der Waals surface area (Å²) >= 11 is 3.36. The first-order valence-electron chi connectivity index (χ1n) is 5.81. The molecule has 0 aliphatic heterocycles. The van der Waals surface area contributed by atoms with Gasteiger partial charge in [-0.05, 0) is 30.2 Å². The molecule has 1 aromatic carbocycles. The number of hydrogen-bond donors (Lipinski definition) is 1. The van der Waals surface area contributed by atoms with Crippen molar-refractivity contribution in [3.05, 3.63) is 27.7 Å². The summed E-state index contributed by atoms with van der Waals surface area (Å²) in [7, 11) is -3.59. The summed E-state index contributed by atoms with van der Waals surface area (Å²) in [5.41, 5.74) is 7.00. The summed E-state index contributed by atoms with van der Waals surface area (Å²) in [6.07, 6.45) is 5.22. The van der Waals surface area contributed by atoms with Crippen molar-refractivity contribution in [2.75, 3.05) is 13.1 Å². The van der Waals surface area contributed by atoms with Crippen LogP contribution < -0.4 is 5.73 Å². The Labute approximate surface area is 123 Å². The van der Waals surface area contributed by atoms with Gasteiger partial charge >= 0.3 is 0 Å². The lowest BCUT2D eigenvalue weighted by Gasteiger charge is -2.20. The van der Waals surface area contributed by atoms with E-state index >= 15 is 0 Å². The molecule has 4 nitrogen and oxygen atoms in total. The minimum Gasteiger partial charge on any atom is -0.326 e. The predicted molar refractivity (Wildman–Crippen MR) is 80.0 cm³/mol. The zero-order valence-corrected chi connectivity index (χ0v) is 13.4. The van der Waals surface area contributed by atoms with Crippen molar-refractivity contribution in [3.63, 3.8) is 0 Å². The first kappa shape index (κ1) is 16.2. The third-order valence-corrected chi connectivity index (χ3v) is 5.70. The van der Waals surface area contributed by atoms with E-state index in [1.807, 2.05) is 6.07 Å². The Morgan fingerprint density at radius 3 is 2.58 bits per heavy atom. The van der Waals surface area contributed by atoms with E-state index in [2.05, 4.69) is 21.9 Å². The van der Waals surface area contributed by atoms with Crippen LogP contribution in [0, 0.1) is 19.3 Å². The van der Waals surface area contributed by atoms with Gasteiger partial charge in [0.2, 0.25) is 10.0 Å². The summed E-state index contributed by atoms with van der Waals surface area (Å²) in [6.45, 7) is 4.18. The number of hydrogen-bond acceptors (Lipinski definition) is 3. The second kappa shape index (κ2) is 6.53. The zero-order valence-electron chi connectivity index (χ0n) is 11.0. The molecule has 0 aliphatic carbocycles. The van der Waals surface area contributed by atoms with E-state index < -0.39 is 10.0 Å². The van der Waals surface area contributed by atoms with Gasteiger partial charge in [0, 0.05) is 17.6 Å². The number of halogens is 1. The van der Waals surface area contributed by atoms with E-state index in [0.29, 0.717) is 12.1 Å². The number of rotatable bonds is 5. The maximum absolute atomic E-state index is 12.6. The van der Waals surface area contributed by atoms with Gasteiger partial charge < -0.3 is 5.73 Å². The van der Waals surface area contributed by atoms with Gasteiger partial charge in [-0.1, -0.05) is 28.8 Å². The van der Waals surface area contributed by atoms with Crippen LogP contribution in [-0.4, -0.2) is 25.8 Å². The second-order valence-electron chi connectivity index (χ2n) is 4.04. The van der Waals surface area contributed by atoms with E-state index in [-0.39, 0.29) is 18.0 Å². The van der Waals surface area contributed by atoms with Gasteiger partial charge in [-0.25, -0.2) is 8.42 Å². The molecule has 0 aromatic heterocycles. The molecule has 2 N–H and O–H groups in total. The Balaban J connectivity index is 3.44. The van der Waals surface area contributed by atoms with Gasteiger partial charge in [-0.3, -0.25) is 0 Å². The quantitative estimate of drug-likeness (QED) is 0.829. The fourth-order valence-corrected chi connectivity index (χ4v) is 4.00. The van der Waals surface area contributed by atoms with Crippen LogP contribution in [0.1, 0.15) is 18.1 Å². The molecule has 0 saturated heterocycles. The Bertz CT molecular complexity index is 606. The van der Waals surface area contributed by atoms with Gasteiger partial charge in [-0.2, -0.15) is 4.31 Å². The highest BCUT2D eigenvalue weighted by molar-refractivity contribution is 9.10. The molecule has 19 heavy (non-hydrogen) atoms. The van der Waals surface area contributed by atoms with Crippen molar-refractivity contribution < 1.29 is 8.42 Å². The monoisotopic (exact) mass is 344 g/mol. The third kappa shape index (κ3) is 3.37. The van der Waals surface area contributed by atoms with Gasteiger partial charge in [0.25, 0.3) is 0 Å². The molecule has 0 amide bonds. The standard InChI is InChI=1S/C13H17BrN2O2S/c1-4-6-16(5-2)19(17,18)13-8-11(9-15)7-12(14)10(13)3/h1,7-8H,5-6,9,15H2,2-3H3. The lowest BCUT2D eigenvalue weighted by atomic mass is 10.1. The highest BCUT2D eigenvalue weighted by Gasteiger charge is 2.25. The molecular weight excluding hydrogens is 328 g/mol. The molecule has 0 saturated carbocycles. The summed E-state index contributed by atoms with van der Waals surface area (Å²) < 4.78 is 27.1. The fourth-order valence-electron chi connectivity index (χ4n) is 1.70. The average Bonchev–Trinajstić information content (AvgIpc) is 2.38. The van der Waals surface area contributed by atoms with Crippen LogP contribution in [-0.2, 0) is 16.6 Å². The molecule has 0 aliphatic rings. The number of nitrogens with zero attached hydrogens (tertiary/aromatic N) is 1. The molecule has 0 heterocycles. The molecule has 6 heteroatoms. The Morgan fingerprint density at radius 2 is 2.11 bits per heavy atom. The van der Waals surface area contributed by atoms with Crippen molar-refractivity contribution in [2.24, 2.45) is 5.73 Å². The maximum Gasteiger partial charge on any atom is 0.244 e. The normalized spacial score (nSPS) is 11.6. The minimum atomic E-state index is -3.59. The maximum atomic E-state index is 12.6. The molecule has 0 unspecified atom stereocenters. The van der Waals surface area contributed by atoms with Crippen molar-refractivity contribution in [2.45, 2.75) is 25.3 Å². The van der Waals surface area contributed by atoms with Crippen molar-refractivity contribution >= 4 is 26.0 Å². The molecule has 1 aromatic rings. The molecule has 0 radical (unpaired) electrons. The average molecular weight is 345 g/mol. The topological polar surface area (TPSA) is 63.4 Å². The number of terminal acetylenes is 1. The zero-order chi connectivity index (χ0) is 14.6. The summed E-state index contributed by atoms with van der Waals surface area (Å²) in [6, 6.07) is 3.43. The molecule has 0 spiro atoms. The second-order valence-corrected chi connectivity index (χ2v) is 6.80. The third-order valence-electron chi connectivity index (χ3n) is 2.83. The van der Waals surface area contributed by atoms with Crippen LogP contribution in [0.15, 0.2) is 21.5 Å². The molecule has 0 bridgehead atoms. The minimum absolute atomic E-state index is 0.0583. The van der Waals surface area contributed by atoms with E-state index in [1.165, 1.54) is 4.31 Å². The summed E-state index contributed by atoms with van der Waals surface area (Å²) in [5.74, 6) is 2.37. The van der Waals surface area contributed by atoms with Crippen LogP contribution in [0.4, 0.5) is 0 Å². The lowest BCUT2D eigenvalue weighted by molar-refractivity contribution is 0.463. The van der Waals surface area contributed by atoms with Crippen molar-refractivity contribution in [3.8, 4) is 12.3 Å². The number of nitrogens with two attached hydrogens (primary N) is 1. The first-order chi connectivity index (χ1) is 8.88. The van der Waals surface area contributed by atoms with E-state index in [0.717, 1.165) is 10.0 Å². The number of sulfonamides is 1. The predicted octanol–water partition coefficient (Wildman–Crippen LogP) is 1.86. The van der Waals surface area contributed by atoms with E-state index in [1.54, 1.807) is 19.9 Å². The van der Waals surface area contributed by atoms with Crippen LogP contribution >= 0.6 is 15.9 Å². The Hall–Kier alpha value is -0.870. The highest BCUT2D eigenvalue weighted by atomic mass is 79.9. The van der Waals surface area contributed by atoms with Gasteiger partial charge in [0.05, 0.1) is 11.4 Å². The van der Waals surface area contributed by atoms with E-state index in [4.69, 9.17) is 12.2 Å². The van der Waals surface area contributed by atoms with Gasteiger partial charge in [0.1, 0.15) is 0 Å². The first-order valence-corrected chi connectivity index (χ1v) is 8.04. The Morgan fingerprint density at radius 1 is 1.47 bits per heavy atom. The largest absolute Gasteiger partial charge is 0.326 e. The fraction of sp³-hybridized carbons (Fsp3) is 0.385. The highest BCUT2D eigenvalue weighted by Crippen LogP contribution is 2.27. The summed E-state index contributed by atoms with van der Waals surface area (Å²) in [5, 5.41) is 0. The lowest BCUT2D eigenvalue weighted by Crippen LogP contribution is -2.32. The smallest absolute Gasteiger partial charge is 0.244 e. The SMILES string of the molecule is C#CCN(CC)S(=O)(=O)c1cc(CN)cc(Br)c1C. The molecular formula is C13H17BrN2O2S. The van der Waals surface area contributed by atoms with Gasteiger partial charge in [0.15, 0.2) is 0 Å². The molecule has 0 fully saturated rings. The van der Waals surface area contributed by atoms with Crippen LogP contribution in [0.2, 0.25) is 0 Å². The Kier molecular flexibility index (Phi) is 5.56. The van der Waals surface area contributed by atoms with Crippen LogP contribution in [0.3, 0.4) is 0 Å². The van der Waals surface area contributed by atoms with Crippen LogP contribution in [0.25, 0.3) is 0 Å². The molecule has 0 atom stereocenters. The molecule has 104 valence electrons. The summed E-state index contributed by atoms with van der Waals surface area (Å²) in [4.78, 5) is 0.249. The van der Waals surface area contributed by atoms with E-state index in [9.17, 15) is 8.42 Å². The van der Waals surface area contributed by atoms with Crippen molar-refractivity contribution in [1.82, 2.24) is 4.31 Å².